The molecule has 2 rings (SSSR count). The van der Waals surface area contributed by atoms with Crippen LogP contribution in [-0.4, -0.2) is 16.3 Å². The Balaban J connectivity index is 2.09. The second kappa shape index (κ2) is 4.95. The molecule has 0 atom stereocenters. The van der Waals surface area contributed by atoms with Crippen LogP contribution in [0.2, 0.25) is 0 Å². The quantitative estimate of drug-likeness (QED) is 0.818. The molecule has 0 saturated heterocycles. The smallest absolute Gasteiger partial charge is 0.170 e. The summed E-state index contributed by atoms with van der Waals surface area (Å²) in [7, 11) is 0. The van der Waals surface area contributed by atoms with Crippen molar-refractivity contribution < 1.29 is 4.79 Å². The van der Waals surface area contributed by atoms with E-state index in [-0.39, 0.29) is 0 Å². The first-order chi connectivity index (χ1) is 8.19. The lowest BCUT2D eigenvalue weighted by Gasteiger charge is -2.01. The number of aromatic amines is 1. The van der Waals surface area contributed by atoms with E-state index in [0.29, 0.717) is 5.69 Å². The predicted molar refractivity (Wildman–Crippen MR) is 67.3 cm³/mol. The minimum Gasteiger partial charge on any atom is -0.345 e. The number of aryl methyl sites for hydroxylation is 4. The van der Waals surface area contributed by atoms with Crippen molar-refractivity contribution in [3.63, 3.8) is 0 Å². The number of carbonyl (C=O) groups excluding carboxylic acids is 1. The molecule has 0 radical (unpaired) electrons. The Bertz CT molecular complexity index is 529. The summed E-state index contributed by atoms with van der Waals surface area (Å²) in [6.07, 6.45) is 2.55. The van der Waals surface area contributed by atoms with Crippen molar-refractivity contribution in [2.45, 2.75) is 26.7 Å². The fourth-order valence-electron chi connectivity index (χ4n) is 1.98. The third kappa shape index (κ3) is 2.81. The number of hydrogen-bond donors (Lipinski definition) is 1. The van der Waals surface area contributed by atoms with E-state index in [0.717, 1.165) is 30.6 Å². The predicted octanol–water partition coefficient (Wildman–Crippen LogP) is 2.62. The molecule has 0 aliphatic carbocycles. The van der Waals surface area contributed by atoms with Crippen molar-refractivity contribution in [3.05, 3.63) is 52.6 Å². The molecule has 1 aromatic heterocycles. The first-order valence-electron chi connectivity index (χ1n) is 5.75. The number of H-pyrrole nitrogens is 1. The van der Waals surface area contributed by atoms with E-state index in [2.05, 4.69) is 41.2 Å². The Morgan fingerprint density at radius 3 is 2.82 bits per heavy atom. The zero-order valence-corrected chi connectivity index (χ0v) is 10.2. The van der Waals surface area contributed by atoms with Crippen molar-refractivity contribution in [1.29, 1.82) is 0 Å². The van der Waals surface area contributed by atoms with Crippen LogP contribution >= 0.6 is 0 Å². The van der Waals surface area contributed by atoms with E-state index < -0.39 is 0 Å². The molecule has 17 heavy (non-hydrogen) atoms. The highest BCUT2D eigenvalue weighted by atomic mass is 16.1. The summed E-state index contributed by atoms with van der Waals surface area (Å²) in [5.41, 5.74) is 4.02. The van der Waals surface area contributed by atoms with Crippen molar-refractivity contribution in [1.82, 2.24) is 9.97 Å². The Morgan fingerprint density at radius 2 is 2.12 bits per heavy atom. The molecular formula is C14H16N2O. The number of imidazole rings is 1. The molecule has 0 unspecified atom stereocenters. The summed E-state index contributed by atoms with van der Waals surface area (Å²) in [5, 5.41) is 0. The molecule has 0 spiro atoms. The summed E-state index contributed by atoms with van der Waals surface area (Å²) in [6, 6.07) is 8.42. The highest BCUT2D eigenvalue weighted by Crippen LogP contribution is 2.10. The zero-order valence-electron chi connectivity index (χ0n) is 10.2. The SMILES string of the molecule is Cc1cccc(CCc2[nH]c(C)nc2C=O)c1. The molecule has 0 amide bonds. The Hall–Kier alpha value is -1.90. The molecule has 0 saturated carbocycles. The van der Waals surface area contributed by atoms with Crippen molar-refractivity contribution in [2.24, 2.45) is 0 Å². The average Bonchev–Trinajstić information content (AvgIpc) is 2.67. The van der Waals surface area contributed by atoms with Crippen LogP contribution in [0.1, 0.15) is 33.1 Å². The molecule has 0 aliphatic rings. The number of aromatic nitrogens is 2. The van der Waals surface area contributed by atoms with Gasteiger partial charge in [-0.05, 0) is 32.3 Å². The number of hydrogen-bond acceptors (Lipinski definition) is 2. The van der Waals surface area contributed by atoms with E-state index in [9.17, 15) is 4.79 Å². The monoisotopic (exact) mass is 228 g/mol. The summed E-state index contributed by atoms with van der Waals surface area (Å²) in [6.45, 7) is 3.95. The average molecular weight is 228 g/mol. The largest absolute Gasteiger partial charge is 0.345 e. The number of benzene rings is 1. The normalized spacial score (nSPS) is 10.5. The Kier molecular flexibility index (Phi) is 3.38. The number of nitrogens with one attached hydrogen (secondary N) is 1. The van der Waals surface area contributed by atoms with Crippen molar-refractivity contribution in [2.75, 3.05) is 0 Å². The van der Waals surface area contributed by atoms with Crippen LogP contribution < -0.4 is 0 Å². The minimum absolute atomic E-state index is 0.537. The molecule has 0 aliphatic heterocycles. The molecule has 88 valence electrons. The van der Waals surface area contributed by atoms with Gasteiger partial charge in [0.15, 0.2) is 6.29 Å². The second-order valence-electron chi connectivity index (χ2n) is 4.29. The molecule has 1 aromatic carbocycles. The molecule has 1 N–H and O–H groups in total. The van der Waals surface area contributed by atoms with Gasteiger partial charge >= 0.3 is 0 Å². The van der Waals surface area contributed by atoms with Gasteiger partial charge in [-0.1, -0.05) is 29.8 Å². The van der Waals surface area contributed by atoms with Crippen LogP contribution in [0.25, 0.3) is 0 Å². The van der Waals surface area contributed by atoms with Crippen molar-refractivity contribution in [3.8, 4) is 0 Å². The molecule has 1 heterocycles. The standard InChI is InChI=1S/C14H16N2O/c1-10-4-3-5-12(8-10)6-7-13-14(9-17)16-11(2)15-13/h3-5,8-9H,6-7H2,1-2H3,(H,15,16). The zero-order chi connectivity index (χ0) is 12.3. The second-order valence-corrected chi connectivity index (χ2v) is 4.29. The van der Waals surface area contributed by atoms with Crippen LogP contribution in [0.15, 0.2) is 24.3 Å². The van der Waals surface area contributed by atoms with Gasteiger partial charge in [0.1, 0.15) is 11.5 Å². The first kappa shape index (κ1) is 11.6. The van der Waals surface area contributed by atoms with Gasteiger partial charge in [0.2, 0.25) is 0 Å². The third-order valence-electron chi connectivity index (χ3n) is 2.79. The minimum atomic E-state index is 0.537. The maximum absolute atomic E-state index is 10.8. The van der Waals surface area contributed by atoms with Gasteiger partial charge < -0.3 is 4.98 Å². The van der Waals surface area contributed by atoms with Gasteiger partial charge in [0.05, 0.1) is 0 Å². The summed E-state index contributed by atoms with van der Waals surface area (Å²) >= 11 is 0. The number of carbonyl (C=O) groups is 1. The van der Waals surface area contributed by atoms with Gasteiger partial charge in [-0.3, -0.25) is 4.79 Å². The van der Waals surface area contributed by atoms with Gasteiger partial charge in [0.25, 0.3) is 0 Å². The number of rotatable bonds is 4. The highest BCUT2D eigenvalue weighted by molar-refractivity contribution is 5.73. The third-order valence-corrected chi connectivity index (χ3v) is 2.79. The van der Waals surface area contributed by atoms with Crippen LogP contribution in [-0.2, 0) is 12.8 Å². The van der Waals surface area contributed by atoms with Crippen LogP contribution in [0.3, 0.4) is 0 Å². The van der Waals surface area contributed by atoms with Crippen LogP contribution in [0, 0.1) is 13.8 Å². The molecule has 3 nitrogen and oxygen atoms in total. The van der Waals surface area contributed by atoms with Gasteiger partial charge in [0, 0.05) is 5.69 Å². The maximum Gasteiger partial charge on any atom is 0.170 e. The lowest BCUT2D eigenvalue weighted by molar-refractivity contribution is 0.111. The van der Waals surface area contributed by atoms with E-state index in [1.54, 1.807) is 0 Å². The first-order valence-corrected chi connectivity index (χ1v) is 5.75. The van der Waals surface area contributed by atoms with Crippen LogP contribution in [0.4, 0.5) is 0 Å². The summed E-state index contributed by atoms with van der Waals surface area (Å²) in [4.78, 5) is 18.1. The fraction of sp³-hybridized carbons (Fsp3) is 0.286. The number of aldehydes is 1. The molecule has 0 fully saturated rings. The van der Waals surface area contributed by atoms with Gasteiger partial charge in [-0.15, -0.1) is 0 Å². The molecule has 0 bridgehead atoms. The van der Waals surface area contributed by atoms with Crippen molar-refractivity contribution >= 4 is 6.29 Å². The molecule has 2 aromatic rings. The topological polar surface area (TPSA) is 45.8 Å². The lowest BCUT2D eigenvalue weighted by atomic mass is 10.1. The molecular weight excluding hydrogens is 212 g/mol. The van der Waals surface area contributed by atoms with E-state index in [1.807, 2.05) is 6.92 Å². The lowest BCUT2D eigenvalue weighted by Crippen LogP contribution is -1.96. The number of nitrogens with zero attached hydrogens (tertiary/aromatic N) is 1. The highest BCUT2D eigenvalue weighted by Gasteiger charge is 2.07. The van der Waals surface area contributed by atoms with Gasteiger partial charge in [-0.2, -0.15) is 0 Å². The van der Waals surface area contributed by atoms with E-state index >= 15 is 0 Å². The summed E-state index contributed by atoms with van der Waals surface area (Å²) in [5.74, 6) is 0.798. The fourth-order valence-corrected chi connectivity index (χ4v) is 1.98. The summed E-state index contributed by atoms with van der Waals surface area (Å²) < 4.78 is 0. The Labute approximate surface area is 101 Å². The Morgan fingerprint density at radius 1 is 1.29 bits per heavy atom. The van der Waals surface area contributed by atoms with E-state index in [4.69, 9.17) is 0 Å². The maximum atomic E-state index is 10.8. The van der Waals surface area contributed by atoms with E-state index in [1.165, 1.54) is 11.1 Å². The van der Waals surface area contributed by atoms with Gasteiger partial charge in [-0.25, -0.2) is 4.98 Å². The van der Waals surface area contributed by atoms with Crippen LogP contribution in [0.5, 0.6) is 0 Å². The molecule has 3 heteroatoms.